The third-order valence-corrected chi connectivity index (χ3v) is 6.03. The molecule has 0 unspecified atom stereocenters. The van der Waals surface area contributed by atoms with E-state index in [9.17, 15) is 4.79 Å². The minimum Gasteiger partial charge on any atom is -0.493 e. The molecular formula is C25H25BrCl2N2O3. The van der Waals surface area contributed by atoms with Crippen LogP contribution < -0.4 is 20.1 Å². The van der Waals surface area contributed by atoms with Gasteiger partial charge in [-0.05, 0) is 70.0 Å². The van der Waals surface area contributed by atoms with Crippen molar-refractivity contribution in [2.75, 3.05) is 17.7 Å². The average Bonchev–Trinajstić information content (AvgIpc) is 2.78. The molecule has 0 heterocycles. The van der Waals surface area contributed by atoms with Crippen molar-refractivity contribution in [1.82, 2.24) is 0 Å². The lowest BCUT2D eigenvalue weighted by Gasteiger charge is -2.16. The minimum atomic E-state index is -0.0636. The zero-order valence-electron chi connectivity index (χ0n) is 18.5. The molecule has 0 atom stereocenters. The van der Waals surface area contributed by atoms with Crippen LogP contribution in [0.2, 0.25) is 10.0 Å². The molecule has 0 aliphatic rings. The third-order valence-electron chi connectivity index (χ3n) is 4.85. The van der Waals surface area contributed by atoms with E-state index in [1.54, 1.807) is 19.2 Å². The van der Waals surface area contributed by atoms with Crippen LogP contribution in [0.25, 0.3) is 0 Å². The van der Waals surface area contributed by atoms with E-state index in [1.165, 1.54) is 0 Å². The van der Waals surface area contributed by atoms with Crippen molar-refractivity contribution in [2.45, 2.75) is 27.0 Å². The maximum atomic E-state index is 11.8. The molecule has 0 fully saturated rings. The first-order chi connectivity index (χ1) is 15.8. The summed E-state index contributed by atoms with van der Waals surface area (Å²) < 4.78 is 12.3. The van der Waals surface area contributed by atoms with E-state index in [1.807, 2.05) is 56.3 Å². The van der Waals surface area contributed by atoms with E-state index < -0.39 is 0 Å². The second-order valence-corrected chi connectivity index (χ2v) is 9.41. The van der Waals surface area contributed by atoms with E-state index in [4.69, 9.17) is 32.7 Å². The van der Waals surface area contributed by atoms with Gasteiger partial charge in [-0.3, -0.25) is 4.79 Å². The summed E-state index contributed by atoms with van der Waals surface area (Å²) in [5.74, 6) is 1.13. The number of methoxy groups -OCH3 is 1. The molecule has 8 heteroatoms. The van der Waals surface area contributed by atoms with Crippen molar-refractivity contribution in [1.29, 1.82) is 0 Å². The fraction of sp³-hybridized carbons (Fsp3) is 0.240. The van der Waals surface area contributed by atoms with Crippen LogP contribution >= 0.6 is 39.1 Å². The Morgan fingerprint density at radius 1 is 1.03 bits per heavy atom. The van der Waals surface area contributed by atoms with Crippen molar-refractivity contribution in [3.8, 4) is 11.5 Å². The summed E-state index contributed by atoms with van der Waals surface area (Å²) in [4.78, 5) is 11.8. The highest BCUT2D eigenvalue weighted by atomic mass is 79.9. The van der Waals surface area contributed by atoms with Gasteiger partial charge in [0.25, 0.3) is 0 Å². The lowest BCUT2D eigenvalue weighted by Crippen LogP contribution is -2.17. The summed E-state index contributed by atoms with van der Waals surface area (Å²) in [6.45, 7) is 4.58. The Bertz CT molecular complexity index is 1120. The topological polar surface area (TPSA) is 59.6 Å². The maximum Gasteiger partial charge on any atom is 0.226 e. The first-order valence-corrected chi connectivity index (χ1v) is 11.9. The molecular weight excluding hydrogens is 527 g/mol. The van der Waals surface area contributed by atoms with Gasteiger partial charge in [-0.25, -0.2) is 0 Å². The zero-order valence-corrected chi connectivity index (χ0v) is 21.6. The molecule has 2 N–H and O–H groups in total. The normalized spacial score (nSPS) is 10.8. The fourth-order valence-corrected chi connectivity index (χ4v) is 4.03. The highest BCUT2D eigenvalue weighted by Crippen LogP contribution is 2.38. The molecule has 3 aromatic carbocycles. The number of anilines is 2. The van der Waals surface area contributed by atoms with Gasteiger partial charge in [-0.15, -0.1) is 0 Å². The lowest BCUT2D eigenvalue weighted by atomic mass is 10.2. The van der Waals surface area contributed by atoms with E-state index >= 15 is 0 Å². The summed E-state index contributed by atoms with van der Waals surface area (Å²) in [7, 11) is 1.60. The minimum absolute atomic E-state index is 0.00621. The number of benzene rings is 3. The molecule has 5 nitrogen and oxygen atoms in total. The molecule has 0 bridgehead atoms. The summed E-state index contributed by atoms with van der Waals surface area (Å²) in [6, 6.07) is 16.8. The molecule has 3 rings (SSSR count). The lowest BCUT2D eigenvalue weighted by molar-refractivity contribution is -0.118. The number of nitrogens with one attached hydrogen (secondary N) is 2. The predicted molar refractivity (Wildman–Crippen MR) is 139 cm³/mol. The molecule has 0 saturated heterocycles. The predicted octanol–water partition coefficient (Wildman–Crippen LogP) is 7.55. The number of hydrogen-bond acceptors (Lipinski definition) is 4. The monoisotopic (exact) mass is 550 g/mol. The van der Waals surface area contributed by atoms with Crippen molar-refractivity contribution in [3.63, 3.8) is 0 Å². The van der Waals surface area contributed by atoms with Crippen LogP contribution in [0.4, 0.5) is 11.4 Å². The second-order valence-electron chi connectivity index (χ2n) is 7.71. The molecule has 1 amide bonds. The van der Waals surface area contributed by atoms with E-state index in [-0.39, 0.29) is 18.4 Å². The number of carbonyl (C=O) groups excluding carboxylic acids is 1. The summed E-state index contributed by atoms with van der Waals surface area (Å²) >= 11 is 15.8. The number of carbonyl (C=O) groups is 1. The molecule has 0 spiro atoms. The molecule has 33 heavy (non-hydrogen) atoms. The number of ether oxygens (including phenoxy) is 2. The van der Waals surface area contributed by atoms with Gasteiger partial charge in [0.2, 0.25) is 5.91 Å². The zero-order chi connectivity index (χ0) is 24.0. The van der Waals surface area contributed by atoms with Crippen LogP contribution in [0, 0.1) is 5.92 Å². The molecule has 0 aliphatic heterocycles. The molecule has 0 aliphatic carbocycles. The molecule has 174 valence electrons. The maximum absolute atomic E-state index is 11.8. The summed E-state index contributed by atoms with van der Waals surface area (Å²) in [5, 5.41) is 7.38. The highest BCUT2D eigenvalue weighted by Gasteiger charge is 2.13. The quantitative estimate of drug-likeness (QED) is 0.288. The Kier molecular flexibility index (Phi) is 8.89. The number of hydrogen-bond donors (Lipinski definition) is 2. The average molecular weight is 552 g/mol. The van der Waals surface area contributed by atoms with Gasteiger partial charge in [0.15, 0.2) is 11.5 Å². The Hall–Kier alpha value is -2.41. The van der Waals surface area contributed by atoms with E-state index in [0.29, 0.717) is 28.1 Å². The second kappa shape index (κ2) is 11.6. The van der Waals surface area contributed by atoms with Gasteiger partial charge in [0.05, 0.1) is 11.6 Å². The van der Waals surface area contributed by atoms with Gasteiger partial charge in [0, 0.05) is 39.4 Å². The molecule has 0 saturated carbocycles. The van der Waals surface area contributed by atoms with Gasteiger partial charge in [-0.2, -0.15) is 0 Å². The summed E-state index contributed by atoms with van der Waals surface area (Å²) in [6.07, 6.45) is 0. The van der Waals surface area contributed by atoms with Gasteiger partial charge >= 0.3 is 0 Å². The van der Waals surface area contributed by atoms with Crippen LogP contribution in [-0.2, 0) is 17.9 Å². The molecule has 3 aromatic rings. The van der Waals surface area contributed by atoms with Crippen molar-refractivity contribution < 1.29 is 14.3 Å². The molecule has 0 aromatic heterocycles. The smallest absolute Gasteiger partial charge is 0.226 e. The van der Waals surface area contributed by atoms with Gasteiger partial charge in [-0.1, -0.05) is 43.1 Å². The molecule has 0 radical (unpaired) electrons. The van der Waals surface area contributed by atoms with Gasteiger partial charge < -0.3 is 20.1 Å². The van der Waals surface area contributed by atoms with Crippen molar-refractivity contribution >= 4 is 56.4 Å². The number of amides is 1. The number of halogens is 3. The Morgan fingerprint density at radius 3 is 2.36 bits per heavy atom. The first-order valence-electron chi connectivity index (χ1n) is 10.3. The van der Waals surface area contributed by atoms with E-state index in [2.05, 4.69) is 26.6 Å². The van der Waals surface area contributed by atoms with E-state index in [0.717, 1.165) is 27.0 Å². The van der Waals surface area contributed by atoms with Crippen LogP contribution in [-0.4, -0.2) is 13.0 Å². The van der Waals surface area contributed by atoms with Crippen molar-refractivity contribution in [2.24, 2.45) is 5.92 Å². The Morgan fingerprint density at radius 2 is 1.73 bits per heavy atom. The van der Waals surface area contributed by atoms with Crippen LogP contribution in [0.15, 0.2) is 59.1 Å². The SMILES string of the molecule is COc1cc(CNc2ccc(NC(=O)C(C)C)cc2)cc(Br)c1OCc1ccc(Cl)cc1Cl. The standard InChI is InChI=1S/C25H25BrCl2N2O3/c1-15(2)25(31)30-20-8-6-19(7-9-20)29-13-16-10-21(26)24(23(11-16)32-3)33-14-17-4-5-18(27)12-22(17)28/h4-12,15,29H,13-14H2,1-3H3,(H,30,31). The van der Waals surface area contributed by atoms with Crippen LogP contribution in [0.1, 0.15) is 25.0 Å². The largest absolute Gasteiger partial charge is 0.493 e. The summed E-state index contributed by atoms with van der Waals surface area (Å²) in [5.41, 5.74) is 3.54. The van der Waals surface area contributed by atoms with Crippen molar-refractivity contribution in [3.05, 3.63) is 80.2 Å². The third kappa shape index (κ3) is 7.03. The van der Waals surface area contributed by atoms with Gasteiger partial charge in [0.1, 0.15) is 6.61 Å². The number of rotatable bonds is 9. The van der Waals surface area contributed by atoms with Crippen LogP contribution in [0.3, 0.4) is 0 Å². The highest BCUT2D eigenvalue weighted by molar-refractivity contribution is 9.10. The van der Waals surface area contributed by atoms with Crippen LogP contribution in [0.5, 0.6) is 11.5 Å². The Labute approximate surface area is 212 Å². The first kappa shape index (κ1) is 25.2. The fourth-order valence-electron chi connectivity index (χ4n) is 2.97. The Balaban J connectivity index is 1.65.